The second-order valence-electron chi connectivity index (χ2n) is 5.45. The van der Waals surface area contributed by atoms with Gasteiger partial charge in [0, 0.05) is 16.4 Å². The van der Waals surface area contributed by atoms with E-state index in [-0.39, 0.29) is 5.69 Å². The molecular formula is C17H11ClF3N5O2. The number of nitro groups is 1. The van der Waals surface area contributed by atoms with Crippen LogP contribution < -0.4 is 5.32 Å². The molecule has 2 aromatic carbocycles. The van der Waals surface area contributed by atoms with Crippen LogP contribution in [-0.2, 0) is 6.18 Å². The largest absolute Gasteiger partial charge is 0.452 e. The van der Waals surface area contributed by atoms with E-state index >= 15 is 0 Å². The summed E-state index contributed by atoms with van der Waals surface area (Å²) in [7, 11) is 0. The van der Waals surface area contributed by atoms with Crippen molar-refractivity contribution in [1.82, 2.24) is 14.8 Å². The number of para-hydroxylation sites is 1. The predicted molar refractivity (Wildman–Crippen MR) is 96.4 cm³/mol. The van der Waals surface area contributed by atoms with E-state index in [1.165, 1.54) is 24.3 Å². The fraction of sp³-hybridized carbons (Fsp3) is 0.0588. The van der Waals surface area contributed by atoms with Gasteiger partial charge in [-0.05, 0) is 36.4 Å². The lowest BCUT2D eigenvalue weighted by Crippen LogP contribution is -2.16. The highest BCUT2D eigenvalue weighted by molar-refractivity contribution is 6.30. The normalized spacial score (nSPS) is 12.1. The molecule has 11 heteroatoms. The summed E-state index contributed by atoms with van der Waals surface area (Å²) < 4.78 is 40.7. The van der Waals surface area contributed by atoms with Crippen LogP contribution in [0.3, 0.4) is 0 Å². The van der Waals surface area contributed by atoms with Crippen LogP contribution in [0.4, 0.5) is 18.9 Å². The van der Waals surface area contributed by atoms with Gasteiger partial charge in [0.1, 0.15) is 0 Å². The lowest BCUT2D eigenvalue weighted by molar-refractivity contribution is -0.376. The van der Waals surface area contributed by atoms with E-state index in [1.807, 2.05) is 0 Å². The Morgan fingerprint density at radius 2 is 1.75 bits per heavy atom. The molecule has 0 aliphatic carbocycles. The van der Waals surface area contributed by atoms with E-state index in [1.54, 1.807) is 30.3 Å². The van der Waals surface area contributed by atoms with E-state index < -0.39 is 28.4 Å². The van der Waals surface area contributed by atoms with Gasteiger partial charge in [0.05, 0.1) is 11.1 Å². The van der Waals surface area contributed by atoms with Gasteiger partial charge >= 0.3 is 11.9 Å². The second-order valence-corrected chi connectivity index (χ2v) is 5.89. The average molecular weight is 410 g/mol. The first kappa shape index (κ1) is 19.4. The lowest BCUT2D eigenvalue weighted by Gasteiger charge is -2.11. The van der Waals surface area contributed by atoms with Crippen LogP contribution in [0.1, 0.15) is 11.6 Å². The quantitative estimate of drug-likeness (QED) is 0.490. The molecule has 0 aliphatic rings. The molecule has 144 valence electrons. The van der Waals surface area contributed by atoms with Crippen LogP contribution in [-0.4, -0.2) is 19.7 Å². The molecule has 1 N–H and O–H groups in total. The van der Waals surface area contributed by atoms with Crippen LogP contribution in [0, 0.1) is 10.1 Å². The Hall–Kier alpha value is -3.40. The third-order valence-electron chi connectivity index (χ3n) is 3.58. The molecule has 3 rings (SSSR count). The third-order valence-corrected chi connectivity index (χ3v) is 3.83. The Balaban J connectivity index is 2.14. The number of halogens is 4. The molecule has 0 fully saturated rings. The SMILES string of the molecule is O=[N+]([O-])/C(=C/Nc1ccccc1)c1nnc(C(F)(F)F)n1-c1ccc(Cl)cc1. The highest BCUT2D eigenvalue weighted by Gasteiger charge is 2.41. The summed E-state index contributed by atoms with van der Waals surface area (Å²) in [5.74, 6) is -1.97. The van der Waals surface area contributed by atoms with Crippen LogP contribution in [0.15, 0.2) is 60.8 Å². The molecule has 0 saturated carbocycles. The number of benzene rings is 2. The molecule has 0 unspecified atom stereocenters. The number of hydrogen-bond acceptors (Lipinski definition) is 5. The molecule has 3 aromatic rings. The molecule has 1 aromatic heterocycles. The van der Waals surface area contributed by atoms with E-state index in [0.29, 0.717) is 15.3 Å². The fourth-order valence-corrected chi connectivity index (χ4v) is 2.48. The number of hydrogen-bond donors (Lipinski definition) is 1. The van der Waals surface area contributed by atoms with Crippen LogP contribution in [0.25, 0.3) is 11.4 Å². The van der Waals surface area contributed by atoms with Crippen LogP contribution >= 0.6 is 11.6 Å². The number of rotatable bonds is 5. The summed E-state index contributed by atoms with van der Waals surface area (Å²) in [4.78, 5) is 10.7. The number of anilines is 1. The predicted octanol–water partition coefficient (Wildman–Crippen LogP) is 4.63. The van der Waals surface area contributed by atoms with Gasteiger partial charge in [-0.1, -0.05) is 29.8 Å². The smallest absolute Gasteiger partial charge is 0.356 e. The number of alkyl halides is 3. The fourth-order valence-electron chi connectivity index (χ4n) is 2.35. The first-order valence-corrected chi connectivity index (χ1v) is 8.10. The van der Waals surface area contributed by atoms with Crippen molar-refractivity contribution in [1.29, 1.82) is 0 Å². The van der Waals surface area contributed by atoms with Gasteiger partial charge in [-0.25, -0.2) is 0 Å². The molecule has 28 heavy (non-hydrogen) atoms. The Morgan fingerprint density at radius 3 is 2.32 bits per heavy atom. The minimum absolute atomic E-state index is 0.0239. The number of aromatic nitrogens is 3. The Labute approximate surface area is 161 Å². The third kappa shape index (κ3) is 4.12. The molecular weight excluding hydrogens is 399 g/mol. The summed E-state index contributed by atoms with van der Waals surface area (Å²) >= 11 is 5.78. The minimum Gasteiger partial charge on any atom is -0.356 e. The van der Waals surface area contributed by atoms with E-state index in [2.05, 4.69) is 15.5 Å². The topological polar surface area (TPSA) is 85.9 Å². The maximum Gasteiger partial charge on any atom is 0.452 e. The van der Waals surface area contributed by atoms with Gasteiger partial charge in [0.2, 0.25) is 11.6 Å². The van der Waals surface area contributed by atoms with Gasteiger partial charge in [0.15, 0.2) is 0 Å². The Kier molecular flexibility index (Phi) is 5.32. The van der Waals surface area contributed by atoms with Crippen LogP contribution in [0.2, 0.25) is 5.02 Å². The molecule has 0 radical (unpaired) electrons. The lowest BCUT2D eigenvalue weighted by atomic mass is 10.3. The monoisotopic (exact) mass is 409 g/mol. The first-order valence-electron chi connectivity index (χ1n) is 7.72. The minimum atomic E-state index is -4.88. The van der Waals surface area contributed by atoms with Crippen molar-refractivity contribution >= 4 is 23.0 Å². The van der Waals surface area contributed by atoms with Gasteiger partial charge in [-0.15, -0.1) is 10.2 Å². The highest BCUT2D eigenvalue weighted by Crippen LogP contribution is 2.32. The maximum absolute atomic E-state index is 13.4. The second kappa shape index (κ2) is 7.69. The van der Waals surface area contributed by atoms with Crippen LogP contribution in [0.5, 0.6) is 0 Å². The summed E-state index contributed by atoms with van der Waals surface area (Å²) in [6.45, 7) is 0. The van der Waals surface area contributed by atoms with Crippen molar-refractivity contribution in [2.24, 2.45) is 0 Å². The summed E-state index contributed by atoms with van der Waals surface area (Å²) in [6, 6.07) is 13.7. The zero-order valence-corrected chi connectivity index (χ0v) is 14.6. The van der Waals surface area contributed by atoms with Crippen molar-refractivity contribution in [2.45, 2.75) is 6.18 Å². The number of nitrogens with zero attached hydrogens (tertiary/aromatic N) is 4. The van der Waals surface area contributed by atoms with E-state index in [9.17, 15) is 23.3 Å². The van der Waals surface area contributed by atoms with Crippen molar-refractivity contribution < 1.29 is 18.1 Å². The Bertz CT molecular complexity index is 1020. The molecule has 1 heterocycles. The van der Waals surface area contributed by atoms with Gasteiger partial charge in [-0.3, -0.25) is 14.7 Å². The first-order chi connectivity index (χ1) is 13.3. The molecule has 7 nitrogen and oxygen atoms in total. The molecule has 0 bridgehead atoms. The molecule has 0 spiro atoms. The number of nitrogens with one attached hydrogen (secondary N) is 1. The van der Waals surface area contributed by atoms with Crippen molar-refractivity contribution in [2.75, 3.05) is 5.32 Å². The van der Waals surface area contributed by atoms with E-state index in [0.717, 1.165) is 6.20 Å². The standard InChI is InChI=1S/C17H11ClF3N5O2/c18-11-6-8-13(9-7-11)25-15(23-24-16(25)17(19,20)21)14(26(27)28)10-22-12-4-2-1-3-5-12/h1-10,22H/b14-10+. The van der Waals surface area contributed by atoms with Crippen molar-refractivity contribution in [3.8, 4) is 5.69 Å². The van der Waals surface area contributed by atoms with Crippen molar-refractivity contribution in [3.05, 3.63) is 87.6 Å². The zero-order chi connectivity index (χ0) is 20.3. The maximum atomic E-state index is 13.4. The molecule has 0 aliphatic heterocycles. The van der Waals surface area contributed by atoms with Gasteiger partial charge in [-0.2, -0.15) is 13.2 Å². The van der Waals surface area contributed by atoms with Crippen molar-refractivity contribution in [3.63, 3.8) is 0 Å². The van der Waals surface area contributed by atoms with Gasteiger partial charge < -0.3 is 5.32 Å². The van der Waals surface area contributed by atoms with Gasteiger partial charge in [0.25, 0.3) is 0 Å². The Morgan fingerprint density at radius 1 is 1.11 bits per heavy atom. The summed E-state index contributed by atoms with van der Waals surface area (Å²) in [5, 5.41) is 21.1. The highest BCUT2D eigenvalue weighted by atomic mass is 35.5. The summed E-state index contributed by atoms with van der Waals surface area (Å²) in [6.07, 6.45) is -3.91. The molecule has 0 amide bonds. The molecule has 0 saturated heterocycles. The van der Waals surface area contributed by atoms with E-state index in [4.69, 9.17) is 11.6 Å². The average Bonchev–Trinajstić information content (AvgIpc) is 3.08. The summed E-state index contributed by atoms with van der Waals surface area (Å²) in [5.41, 5.74) is -0.207. The molecule has 0 atom stereocenters. The zero-order valence-electron chi connectivity index (χ0n) is 13.9.